The van der Waals surface area contributed by atoms with Gasteiger partial charge >= 0.3 is 5.97 Å². The van der Waals surface area contributed by atoms with Gasteiger partial charge in [-0.05, 0) is 61.2 Å². The summed E-state index contributed by atoms with van der Waals surface area (Å²) in [6.07, 6.45) is 2.66. The minimum absolute atomic E-state index is 0.182. The highest BCUT2D eigenvalue weighted by atomic mass is 16.5. The van der Waals surface area contributed by atoms with Crippen LogP contribution in [0.1, 0.15) is 30.0 Å². The van der Waals surface area contributed by atoms with E-state index in [0.717, 1.165) is 33.4 Å². The molecule has 4 heteroatoms. The lowest BCUT2D eigenvalue weighted by atomic mass is 10.1. The fourth-order valence-electron chi connectivity index (χ4n) is 2.90. The zero-order valence-electron chi connectivity index (χ0n) is 14.6. The van der Waals surface area contributed by atoms with Gasteiger partial charge < -0.3 is 13.9 Å². The number of aryl methyl sites for hydroxylation is 2. The van der Waals surface area contributed by atoms with Crippen LogP contribution in [0, 0.1) is 6.92 Å². The van der Waals surface area contributed by atoms with E-state index in [9.17, 15) is 4.79 Å². The third kappa shape index (κ3) is 4.21. The summed E-state index contributed by atoms with van der Waals surface area (Å²) < 4.78 is 16.5. The van der Waals surface area contributed by atoms with E-state index in [4.69, 9.17) is 13.9 Å². The van der Waals surface area contributed by atoms with Crippen molar-refractivity contribution in [3.8, 4) is 5.75 Å². The van der Waals surface area contributed by atoms with Crippen LogP contribution in [0.15, 0.2) is 53.1 Å². The number of carbonyl (C=O) groups excluding carboxylic acids is 1. The van der Waals surface area contributed by atoms with E-state index in [0.29, 0.717) is 26.1 Å². The molecular formula is C21H22O4. The molecule has 0 aliphatic heterocycles. The molecule has 0 saturated carbocycles. The molecule has 130 valence electrons. The average Bonchev–Trinajstić information content (AvgIpc) is 3.08. The maximum Gasteiger partial charge on any atom is 0.306 e. The average molecular weight is 338 g/mol. The zero-order valence-corrected chi connectivity index (χ0v) is 14.6. The first kappa shape index (κ1) is 17.1. The van der Waals surface area contributed by atoms with Gasteiger partial charge in [-0.3, -0.25) is 4.79 Å². The monoisotopic (exact) mass is 338 g/mol. The summed E-state index contributed by atoms with van der Waals surface area (Å²) in [5, 5.41) is 1.08. The Bertz CT molecular complexity index is 863. The Hall–Kier alpha value is -2.75. The number of rotatable bonds is 7. The summed E-state index contributed by atoms with van der Waals surface area (Å²) in [5.74, 6) is 0.620. The van der Waals surface area contributed by atoms with Gasteiger partial charge in [0, 0.05) is 11.8 Å². The molecule has 0 saturated heterocycles. The minimum Gasteiger partial charge on any atom is -0.489 e. The number of ether oxygens (including phenoxy) is 2. The van der Waals surface area contributed by atoms with Crippen molar-refractivity contribution < 1.29 is 18.7 Å². The Morgan fingerprint density at radius 1 is 1.16 bits per heavy atom. The van der Waals surface area contributed by atoms with Crippen LogP contribution in [0.4, 0.5) is 0 Å². The second-order valence-electron chi connectivity index (χ2n) is 5.95. The summed E-state index contributed by atoms with van der Waals surface area (Å²) >= 11 is 0. The maximum atomic E-state index is 11.6. The van der Waals surface area contributed by atoms with Crippen molar-refractivity contribution in [1.82, 2.24) is 0 Å². The second-order valence-corrected chi connectivity index (χ2v) is 5.95. The van der Waals surface area contributed by atoms with E-state index in [-0.39, 0.29) is 5.97 Å². The fraction of sp³-hybridized carbons (Fsp3) is 0.286. The van der Waals surface area contributed by atoms with Crippen LogP contribution in [0.25, 0.3) is 11.0 Å². The lowest BCUT2D eigenvalue weighted by molar-refractivity contribution is -0.143. The normalized spacial score (nSPS) is 10.8. The van der Waals surface area contributed by atoms with Gasteiger partial charge in [0.25, 0.3) is 0 Å². The van der Waals surface area contributed by atoms with Gasteiger partial charge in [-0.2, -0.15) is 0 Å². The fourth-order valence-corrected chi connectivity index (χ4v) is 2.90. The Labute approximate surface area is 147 Å². The molecule has 0 aliphatic carbocycles. The van der Waals surface area contributed by atoms with Crippen LogP contribution in [0.2, 0.25) is 0 Å². The van der Waals surface area contributed by atoms with Gasteiger partial charge in [-0.25, -0.2) is 0 Å². The second kappa shape index (κ2) is 7.88. The van der Waals surface area contributed by atoms with E-state index in [1.54, 1.807) is 6.26 Å². The van der Waals surface area contributed by atoms with Crippen molar-refractivity contribution in [2.24, 2.45) is 0 Å². The first-order chi connectivity index (χ1) is 12.2. The van der Waals surface area contributed by atoms with Crippen molar-refractivity contribution in [3.63, 3.8) is 0 Å². The molecule has 0 spiro atoms. The Morgan fingerprint density at radius 3 is 2.84 bits per heavy atom. The molecule has 1 aromatic heterocycles. The van der Waals surface area contributed by atoms with Crippen LogP contribution >= 0.6 is 0 Å². The highest BCUT2D eigenvalue weighted by Crippen LogP contribution is 2.24. The van der Waals surface area contributed by atoms with Gasteiger partial charge in [0.1, 0.15) is 17.9 Å². The van der Waals surface area contributed by atoms with E-state index in [1.807, 2.05) is 44.2 Å². The number of furan rings is 1. The highest BCUT2D eigenvalue weighted by Gasteiger charge is 2.09. The van der Waals surface area contributed by atoms with Crippen molar-refractivity contribution in [3.05, 3.63) is 65.4 Å². The van der Waals surface area contributed by atoms with Crippen molar-refractivity contribution in [1.29, 1.82) is 0 Å². The van der Waals surface area contributed by atoms with Crippen LogP contribution in [-0.4, -0.2) is 12.6 Å². The molecule has 0 aliphatic rings. The largest absolute Gasteiger partial charge is 0.489 e. The number of esters is 1. The lowest BCUT2D eigenvalue weighted by Gasteiger charge is -2.12. The molecule has 0 atom stereocenters. The number of para-hydroxylation sites is 1. The van der Waals surface area contributed by atoms with Crippen molar-refractivity contribution >= 4 is 16.9 Å². The lowest BCUT2D eigenvalue weighted by Crippen LogP contribution is -2.06. The van der Waals surface area contributed by atoms with Crippen LogP contribution in [0.3, 0.4) is 0 Å². The summed E-state index contributed by atoms with van der Waals surface area (Å²) in [6, 6.07) is 13.9. The topological polar surface area (TPSA) is 48.7 Å². The first-order valence-electron chi connectivity index (χ1n) is 8.50. The molecule has 25 heavy (non-hydrogen) atoms. The van der Waals surface area contributed by atoms with Crippen molar-refractivity contribution in [2.75, 3.05) is 6.61 Å². The predicted octanol–water partition coefficient (Wildman–Crippen LogP) is 4.82. The molecule has 0 bridgehead atoms. The zero-order chi connectivity index (χ0) is 17.6. The number of hydrogen-bond donors (Lipinski definition) is 0. The standard InChI is InChI=1S/C21H22O4/c1-3-23-20(22)9-8-17-6-4-5-7-19(17)25-14-16-12-15(2)21-18(13-16)10-11-24-21/h4-7,10-13H,3,8-9,14H2,1-2H3. The van der Waals surface area contributed by atoms with E-state index in [1.165, 1.54) is 0 Å². The van der Waals surface area contributed by atoms with Gasteiger partial charge in [0.2, 0.25) is 0 Å². The molecule has 0 N–H and O–H groups in total. The van der Waals surface area contributed by atoms with Gasteiger partial charge in [0.05, 0.1) is 12.9 Å². The number of hydrogen-bond acceptors (Lipinski definition) is 4. The molecule has 1 heterocycles. The Morgan fingerprint density at radius 2 is 2.00 bits per heavy atom. The molecule has 0 radical (unpaired) electrons. The highest BCUT2D eigenvalue weighted by molar-refractivity contribution is 5.81. The van der Waals surface area contributed by atoms with Crippen LogP contribution in [-0.2, 0) is 22.6 Å². The van der Waals surface area contributed by atoms with Gasteiger partial charge in [-0.15, -0.1) is 0 Å². The third-order valence-electron chi connectivity index (χ3n) is 4.07. The number of fused-ring (bicyclic) bond motifs is 1. The molecule has 3 aromatic rings. The molecule has 3 rings (SSSR count). The molecule has 0 amide bonds. The maximum absolute atomic E-state index is 11.6. The van der Waals surface area contributed by atoms with Gasteiger partial charge in [-0.1, -0.05) is 18.2 Å². The molecule has 0 fully saturated rings. The first-order valence-corrected chi connectivity index (χ1v) is 8.50. The minimum atomic E-state index is -0.182. The summed E-state index contributed by atoms with van der Waals surface area (Å²) in [6.45, 7) is 4.72. The van der Waals surface area contributed by atoms with Gasteiger partial charge in [0.15, 0.2) is 0 Å². The summed E-state index contributed by atoms with van der Waals surface area (Å²) in [5.41, 5.74) is 4.11. The van der Waals surface area contributed by atoms with E-state index < -0.39 is 0 Å². The summed E-state index contributed by atoms with van der Waals surface area (Å²) in [7, 11) is 0. The number of benzene rings is 2. The van der Waals surface area contributed by atoms with E-state index in [2.05, 4.69) is 12.1 Å². The summed E-state index contributed by atoms with van der Waals surface area (Å²) in [4.78, 5) is 11.6. The number of carbonyl (C=O) groups is 1. The SMILES string of the molecule is CCOC(=O)CCc1ccccc1OCc1cc(C)c2occc2c1. The smallest absolute Gasteiger partial charge is 0.306 e. The van der Waals surface area contributed by atoms with Crippen molar-refractivity contribution in [2.45, 2.75) is 33.3 Å². The van der Waals surface area contributed by atoms with Crippen LogP contribution in [0.5, 0.6) is 5.75 Å². The Balaban J connectivity index is 1.69. The third-order valence-corrected chi connectivity index (χ3v) is 4.07. The molecule has 0 unspecified atom stereocenters. The van der Waals surface area contributed by atoms with E-state index >= 15 is 0 Å². The molecule has 4 nitrogen and oxygen atoms in total. The van der Waals surface area contributed by atoms with Crippen LogP contribution < -0.4 is 4.74 Å². The molecule has 2 aromatic carbocycles. The molecular weight excluding hydrogens is 316 g/mol. The predicted molar refractivity (Wildman–Crippen MR) is 96.7 cm³/mol. The quantitative estimate of drug-likeness (QED) is 0.580. The Kier molecular flexibility index (Phi) is 5.39.